The highest BCUT2D eigenvalue weighted by atomic mass is 32.2. The van der Waals surface area contributed by atoms with Gasteiger partial charge in [0.05, 0.1) is 30.7 Å². The first-order chi connectivity index (χ1) is 15.2. The molecule has 12 heteroatoms. The van der Waals surface area contributed by atoms with Gasteiger partial charge < -0.3 is 25.0 Å². The minimum absolute atomic E-state index is 0.139. The van der Waals surface area contributed by atoms with Crippen molar-refractivity contribution >= 4 is 39.3 Å². The molecule has 0 radical (unpaired) electrons. The summed E-state index contributed by atoms with van der Waals surface area (Å²) in [7, 11) is -2.01. The summed E-state index contributed by atoms with van der Waals surface area (Å²) in [6, 6.07) is 5.29. The monoisotopic (exact) mass is 462 g/mol. The maximum atomic E-state index is 12.2. The molecular formula is C20H22N4O7S. The molecule has 11 nitrogen and oxygen atoms in total. The minimum Gasteiger partial charge on any atom is -0.495 e. The van der Waals surface area contributed by atoms with Crippen LogP contribution in [0.2, 0.25) is 0 Å². The number of aryl methyl sites for hydroxylation is 1. The number of rotatable bonds is 7. The molecule has 1 aromatic rings. The number of sulfonamides is 1. The number of carbonyl (C=O) groups excluding carboxylic acids is 3. The van der Waals surface area contributed by atoms with Crippen LogP contribution in [0.5, 0.6) is 5.75 Å². The Morgan fingerprint density at radius 3 is 2.72 bits per heavy atom. The number of methoxy groups -OCH3 is 1. The molecule has 0 aromatic heterocycles. The lowest BCUT2D eigenvalue weighted by atomic mass is 10.2. The Hall–Kier alpha value is -3.67. The van der Waals surface area contributed by atoms with Crippen LogP contribution < -0.4 is 15.4 Å². The lowest BCUT2D eigenvalue weighted by Crippen LogP contribution is -2.37. The molecule has 0 spiro atoms. The van der Waals surface area contributed by atoms with E-state index >= 15 is 0 Å². The van der Waals surface area contributed by atoms with Gasteiger partial charge in [0, 0.05) is 12.7 Å². The molecule has 2 N–H and O–H groups in total. The average Bonchev–Trinajstić information content (AvgIpc) is 2.75. The van der Waals surface area contributed by atoms with Gasteiger partial charge >= 0.3 is 5.97 Å². The fourth-order valence-corrected chi connectivity index (χ4v) is 3.85. The van der Waals surface area contributed by atoms with Crippen molar-refractivity contribution in [2.24, 2.45) is 4.40 Å². The molecule has 0 atom stereocenters. The Morgan fingerprint density at radius 1 is 1.19 bits per heavy atom. The van der Waals surface area contributed by atoms with E-state index < -0.39 is 34.4 Å². The highest BCUT2D eigenvalue weighted by Gasteiger charge is 2.25. The van der Waals surface area contributed by atoms with E-state index in [0.29, 0.717) is 11.4 Å². The van der Waals surface area contributed by atoms with Crippen molar-refractivity contribution in [1.82, 2.24) is 10.2 Å². The number of nitrogens with one attached hydrogen (secondary N) is 2. The predicted octanol–water partition coefficient (Wildman–Crippen LogP) is 0.0991. The molecule has 0 saturated heterocycles. The van der Waals surface area contributed by atoms with Crippen LogP contribution in [0.4, 0.5) is 5.69 Å². The van der Waals surface area contributed by atoms with Crippen LogP contribution in [0.25, 0.3) is 0 Å². The molecule has 32 heavy (non-hydrogen) atoms. The van der Waals surface area contributed by atoms with E-state index in [4.69, 9.17) is 9.47 Å². The number of amidine groups is 1. The second-order valence-corrected chi connectivity index (χ2v) is 8.71. The van der Waals surface area contributed by atoms with Crippen LogP contribution in [-0.2, 0) is 29.1 Å². The number of amides is 2. The largest absolute Gasteiger partial charge is 0.495 e. The molecule has 2 aliphatic heterocycles. The predicted molar refractivity (Wildman–Crippen MR) is 115 cm³/mol. The lowest BCUT2D eigenvalue weighted by Gasteiger charge is -2.26. The third-order valence-electron chi connectivity index (χ3n) is 4.47. The zero-order chi connectivity index (χ0) is 23.3. The number of anilines is 1. The summed E-state index contributed by atoms with van der Waals surface area (Å²) >= 11 is 0. The SMILES string of the molecule is COc1ccc(C)cc1NC(=O)CNC(=O)COC(=O)C1=CN2CCS(=O)(=O)N=C2C=C1. The summed E-state index contributed by atoms with van der Waals surface area (Å²) in [5, 5.41) is 5.01. The van der Waals surface area contributed by atoms with E-state index in [-0.39, 0.29) is 30.3 Å². The van der Waals surface area contributed by atoms with E-state index in [1.807, 2.05) is 13.0 Å². The number of fused-ring (bicyclic) bond motifs is 1. The zero-order valence-electron chi connectivity index (χ0n) is 17.5. The third-order valence-corrected chi connectivity index (χ3v) is 5.63. The van der Waals surface area contributed by atoms with Crippen LogP contribution in [0.3, 0.4) is 0 Å². The van der Waals surface area contributed by atoms with Crippen molar-refractivity contribution in [3.8, 4) is 5.75 Å². The minimum atomic E-state index is -3.49. The normalized spacial score (nSPS) is 16.2. The molecule has 0 saturated carbocycles. The summed E-state index contributed by atoms with van der Waals surface area (Å²) in [4.78, 5) is 37.7. The molecule has 0 unspecified atom stereocenters. The molecule has 0 aliphatic carbocycles. The quantitative estimate of drug-likeness (QED) is 0.543. The van der Waals surface area contributed by atoms with Gasteiger partial charge in [0.1, 0.15) is 11.6 Å². The summed E-state index contributed by atoms with van der Waals surface area (Å²) in [6.07, 6.45) is 4.16. The summed E-state index contributed by atoms with van der Waals surface area (Å²) in [5.41, 5.74) is 1.54. The number of carbonyl (C=O) groups is 3. The summed E-state index contributed by atoms with van der Waals surface area (Å²) < 4.78 is 36.8. The topological polar surface area (TPSA) is 143 Å². The van der Waals surface area contributed by atoms with Gasteiger partial charge in [-0.1, -0.05) is 6.07 Å². The Bertz CT molecular complexity index is 1140. The van der Waals surface area contributed by atoms with Gasteiger partial charge in [0.15, 0.2) is 6.61 Å². The fourth-order valence-electron chi connectivity index (χ4n) is 2.88. The van der Waals surface area contributed by atoms with Gasteiger partial charge in [-0.05, 0) is 36.8 Å². The van der Waals surface area contributed by atoms with Gasteiger partial charge in [-0.25, -0.2) is 13.2 Å². The van der Waals surface area contributed by atoms with Crippen LogP contribution in [0, 0.1) is 6.92 Å². The van der Waals surface area contributed by atoms with E-state index in [2.05, 4.69) is 15.0 Å². The number of ether oxygens (including phenoxy) is 2. The average molecular weight is 462 g/mol. The van der Waals surface area contributed by atoms with Crippen LogP contribution >= 0.6 is 0 Å². The highest BCUT2D eigenvalue weighted by Crippen LogP contribution is 2.25. The molecule has 2 amide bonds. The Kier molecular flexibility index (Phi) is 6.93. The standard InChI is InChI=1S/C20H22N4O7S/c1-13-3-5-16(30-2)15(9-13)22-18(25)10-21-19(26)12-31-20(27)14-4-6-17-23-32(28,29)8-7-24(17)11-14/h3-6,9,11H,7-8,10,12H2,1-2H3,(H,21,26)(H,22,25). The van der Waals surface area contributed by atoms with Crippen molar-refractivity contribution < 1.29 is 32.3 Å². The van der Waals surface area contributed by atoms with E-state index in [9.17, 15) is 22.8 Å². The first-order valence-electron chi connectivity index (χ1n) is 9.54. The molecule has 2 aliphatic rings. The summed E-state index contributed by atoms with van der Waals surface area (Å²) in [6.45, 7) is 1.12. The molecule has 0 bridgehead atoms. The number of esters is 1. The first-order valence-corrected chi connectivity index (χ1v) is 11.2. The van der Waals surface area contributed by atoms with E-state index in [1.165, 1.54) is 30.4 Å². The molecule has 0 fully saturated rings. The highest BCUT2D eigenvalue weighted by molar-refractivity contribution is 7.90. The molecule has 3 rings (SSSR count). The molecule has 170 valence electrons. The number of nitrogens with zero attached hydrogens (tertiary/aromatic N) is 2. The van der Waals surface area contributed by atoms with Crippen molar-refractivity contribution in [1.29, 1.82) is 0 Å². The third kappa shape index (κ3) is 5.94. The maximum absolute atomic E-state index is 12.2. The second-order valence-electron chi connectivity index (χ2n) is 6.95. The molecule has 2 heterocycles. The zero-order valence-corrected chi connectivity index (χ0v) is 18.3. The van der Waals surface area contributed by atoms with Crippen LogP contribution in [0.15, 0.2) is 46.5 Å². The van der Waals surface area contributed by atoms with Gasteiger partial charge in [-0.2, -0.15) is 0 Å². The lowest BCUT2D eigenvalue weighted by molar-refractivity contribution is -0.144. The second kappa shape index (κ2) is 9.64. The van der Waals surface area contributed by atoms with Crippen molar-refractivity contribution in [3.05, 3.63) is 47.7 Å². The number of hydrogen-bond donors (Lipinski definition) is 2. The summed E-state index contributed by atoms with van der Waals surface area (Å²) in [5.74, 6) is -1.37. The smallest absolute Gasteiger partial charge is 0.340 e. The van der Waals surface area contributed by atoms with E-state index in [1.54, 1.807) is 12.1 Å². The molecule has 1 aromatic carbocycles. The van der Waals surface area contributed by atoms with Gasteiger partial charge in [0.2, 0.25) is 5.91 Å². The Labute approximate surface area is 184 Å². The van der Waals surface area contributed by atoms with Gasteiger partial charge in [0.25, 0.3) is 15.9 Å². The Morgan fingerprint density at radius 2 is 1.97 bits per heavy atom. The van der Waals surface area contributed by atoms with Crippen LogP contribution in [-0.4, -0.2) is 69.5 Å². The molecular weight excluding hydrogens is 440 g/mol. The number of hydrogen-bond acceptors (Lipinski definition) is 8. The van der Waals surface area contributed by atoms with Gasteiger partial charge in [-0.15, -0.1) is 4.40 Å². The maximum Gasteiger partial charge on any atom is 0.340 e. The number of benzene rings is 1. The first kappa shape index (κ1) is 23.0. The van der Waals surface area contributed by atoms with Crippen molar-refractivity contribution in [3.63, 3.8) is 0 Å². The van der Waals surface area contributed by atoms with E-state index in [0.717, 1.165) is 5.56 Å². The Balaban J connectivity index is 1.46. The van der Waals surface area contributed by atoms with Crippen molar-refractivity contribution in [2.45, 2.75) is 6.92 Å². The van der Waals surface area contributed by atoms with Crippen molar-refractivity contribution in [2.75, 3.05) is 37.9 Å². The van der Waals surface area contributed by atoms with Crippen LogP contribution in [0.1, 0.15) is 5.56 Å². The fraction of sp³-hybridized carbons (Fsp3) is 0.300. The van der Waals surface area contributed by atoms with Gasteiger partial charge in [-0.3, -0.25) is 9.59 Å².